The maximum Gasteiger partial charge on any atom is 0.222 e. The molecule has 0 spiro atoms. The van der Waals surface area contributed by atoms with E-state index in [2.05, 4.69) is 29.1 Å². The lowest BCUT2D eigenvalue weighted by Gasteiger charge is -2.24. The van der Waals surface area contributed by atoms with Crippen LogP contribution in [0.15, 0.2) is 6.20 Å². The molecular formula is C12H22N4O2. The van der Waals surface area contributed by atoms with Crippen LogP contribution >= 0.6 is 0 Å². The third-order valence-corrected chi connectivity index (χ3v) is 3.09. The topological polar surface area (TPSA) is 93.3 Å². The van der Waals surface area contributed by atoms with Crippen LogP contribution in [0.1, 0.15) is 26.7 Å². The molecule has 0 saturated carbocycles. The molecule has 0 saturated heterocycles. The first-order valence-corrected chi connectivity index (χ1v) is 6.16. The first-order valence-electron chi connectivity index (χ1n) is 6.16. The molecule has 1 rings (SSSR count). The SMILES string of the molecule is CCC(C)[C@H](CCO)Nc1nc(N)ncc1OC. The smallest absolute Gasteiger partial charge is 0.222 e. The number of hydrogen-bond acceptors (Lipinski definition) is 6. The van der Waals surface area contributed by atoms with Gasteiger partial charge in [0, 0.05) is 12.6 Å². The summed E-state index contributed by atoms with van der Waals surface area (Å²) in [4.78, 5) is 8.01. The zero-order chi connectivity index (χ0) is 13.5. The number of aromatic nitrogens is 2. The summed E-state index contributed by atoms with van der Waals surface area (Å²) in [7, 11) is 1.56. The van der Waals surface area contributed by atoms with Crippen LogP contribution in [0.4, 0.5) is 11.8 Å². The molecule has 0 aliphatic heterocycles. The number of ether oxygens (including phenoxy) is 1. The molecule has 0 aromatic carbocycles. The van der Waals surface area contributed by atoms with Crippen LogP contribution in [-0.4, -0.2) is 34.8 Å². The quantitative estimate of drug-likeness (QED) is 0.678. The Bertz CT molecular complexity index is 373. The molecule has 1 aromatic rings. The van der Waals surface area contributed by atoms with Gasteiger partial charge in [-0.2, -0.15) is 4.98 Å². The molecule has 0 aliphatic carbocycles. The highest BCUT2D eigenvalue weighted by Gasteiger charge is 2.18. The molecule has 0 amide bonds. The first-order chi connectivity index (χ1) is 8.62. The van der Waals surface area contributed by atoms with E-state index in [1.54, 1.807) is 7.11 Å². The number of nitrogens with two attached hydrogens (primary N) is 1. The first kappa shape index (κ1) is 14.5. The van der Waals surface area contributed by atoms with Crippen LogP contribution in [-0.2, 0) is 0 Å². The molecular weight excluding hydrogens is 232 g/mol. The van der Waals surface area contributed by atoms with E-state index in [4.69, 9.17) is 15.6 Å². The average molecular weight is 254 g/mol. The fraction of sp³-hybridized carbons (Fsp3) is 0.667. The van der Waals surface area contributed by atoms with Crippen LogP contribution in [0.3, 0.4) is 0 Å². The summed E-state index contributed by atoms with van der Waals surface area (Å²) in [6.45, 7) is 4.37. The van der Waals surface area contributed by atoms with Gasteiger partial charge in [-0.05, 0) is 12.3 Å². The lowest BCUT2D eigenvalue weighted by atomic mass is 9.96. The second-order valence-electron chi connectivity index (χ2n) is 4.29. The van der Waals surface area contributed by atoms with Crippen molar-refractivity contribution in [2.75, 3.05) is 24.8 Å². The summed E-state index contributed by atoms with van der Waals surface area (Å²) in [5.41, 5.74) is 5.57. The Kier molecular flexibility index (Phi) is 5.64. The van der Waals surface area contributed by atoms with Gasteiger partial charge in [-0.3, -0.25) is 0 Å². The third kappa shape index (κ3) is 3.73. The van der Waals surface area contributed by atoms with E-state index in [-0.39, 0.29) is 18.6 Å². The Morgan fingerprint density at radius 2 is 2.28 bits per heavy atom. The predicted molar refractivity (Wildman–Crippen MR) is 71.6 cm³/mol. The minimum absolute atomic E-state index is 0.128. The number of hydrogen-bond donors (Lipinski definition) is 3. The number of nitrogen functional groups attached to an aromatic ring is 1. The monoisotopic (exact) mass is 254 g/mol. The molecule has 1 heterocycles. The zero-order valence-corrected chi connectivity index (χ0v) is 11.2. The molecule has 6 heteroatoms. The Hall–Kier alpha value is -1.56. The fourth-order valence-corrected chi connectivity index (χ4v) is 1.74. The van der Waals surface area contributed by atoms with Crippen molar-refractivity contribution < 1.29 is 9.84 Å². The van der Waals surface area contributed by atoms with Gasteiger partial charge in [-0.25, -0.2) is 4.98 Å². The molecule has 18 heavy (non-hydrogen) atoms. The van der Waals surface area contributed by atoms with E-state index in [1.807, 2.05) is 0 Å². The second kappa shape index (κ2) is 7.00. The average Bonchev–Trinajstić information content (AvgIpc) is 2.37. The van der Waals surface area contributed by atoms with E-state index in [0.717, 1.165) is 6.42 Å². The van der Waals surface area contributed by atoms with Crippen LogP contribution in [0.2, 0.25) is 0 Å². The molecule has 102 valence electrons. The van der Waals surface area contributed by atoms with Crippen molar-refractivity contribution in [1.29, 1.82) is 0 Å². The van der Waals surface area contributed by atoms with Gasteiger partial charge in [0.2, 0.25) is 5.95 Å². The van der Waals surface area contributed by atoms with Gasteiger partial charge in [0.1, 0.15) is 0 Å². The summed E-state index contributed by atoms with van der Waals surface area (Å²) >= 11 is 0. The number of rotatable bonds is 7. The normalized spacial score (nSPS) is 14.0. The Labute approximate surface area is 108 Å². The zero-order valence-electron chi connectivity index (χ0n) is 11.2. The maximum atomic E-state index is 9.11. The van der Waals surface area contributed by atoms with Crippen molar-refractivity contribution in [1.82, 2.24) is 9.97 Å². The Balaban J connectivity index is 2.88. The minimum Gasteiger partial charge on any atom is -0.491 e. The van der Waals surface area contributed by atoms with E-state index in [0.29, 0.717) is 23.9 Å². The molecule has 2 atom stereocenters. The molecule has 0 aliphatic rings. The second-order valence-corrected chi connectivity index (χ2v) is 4.29. The van der Waals surface area contributed by atoms with Crippen LogP contribution < -0.4 is 15.8 Å². The van der Waals surface area contributed by atoms with Gasteiger partial charge in [0.05, 0.1) is 13.3 Å². The van der Waals surface area contributed by atoms with Crippen molar-refractivity contribution in [3.8, 4) is 5.75 Å². The van der Waals surface area contributed by atoms with E-state index in [1.165, 1.54) is 6.20 Å². The molecule has 0 radical (unpaired) electrons. The molecule has 4 N–H and O–H groups in total. The molecule has 0 fully saturated rings. The number of aliphatic hydroxyl groups is 1. The van der Waals surface area contributed by atoms with Crippen LogP contribution in [0.5, 0.6) is 5.75 Å². The summed E-state index contributed by atoms with van der Waals surface area (Å²) in [6, 6.07) is 0.128. The van der Waals surface area contributed by atoms with E-state index >= 15 is 0 Å². The van der Waals surface area contributed by atoms with Crippen molar-refractivity contribution in [3.05, 3.63) is 6.20 Å². The molecule has 0 bridgehead atoms. The lowest BCUT2D eigenvalue weighted by molar-refractivity contribution is 0.262. The van der Waals surface area contributed by atoms with Crippen LogP contribution in [0, 0.1) is 5.92 Å². The van der Waals surface area contributed by atoms with Gasteiger partial charge >= 0.3 is 0 Å². The molecule has 1 aromatic heterocycles. The molecule has 6 nitrogen and oxygen atoms in total. The Morgan fingerprint density at radius 3 is 2.83 bits per heavy atom. The van der Waals surface area contributed by atoms with Gasteiger partial charge in [-0.1, -0.05) is 20.3 Å². The summed E-state index contributed by atoms with van der Waals surface area (Å²) in [6.07, 6.45) is 3.21. The lowest BCUT2D eigenvalue weighted by Crippen LogP contribution is -2.29. The van der Waals surface area contributed by atoms with Gasteiger partial charge in [0.25, 0.3) is 0 Å². The van der Waals surface area contributed by atoms with E-state index in [9.17, 15) is 0 Å². The summed E-state index contributed by atoms with van der Waals surface area (Å²) in [5.74, 6) is 1.74. The van der Waals surface area contributed by atoms with Crippen molar-refractivity contribution in [3.63, 3.8) is 0 Å². The maximum absolute atomic E-state index is 9.11. The standard InChI is InChI=1S/C12H22N4O2/c1-4-8(2)9(5-6-17)15-11-10(18-3)7-14-12(13)16-11/h7-9,17H,4-6H2,1-3H3,(H3,13,14,15,16)/t8?,9-/m0/s1. The van der Waals surface area contributed by atoms with Gasteiger partial charge in [-0.15, -0.1) is 0 Å². The van der Waals surface area contributed by atoms with Crippen molar-refractivity contribution in [2.24, 2.45) is 5.92 Å². The number of nitrogens with zero attached hydrogens (tertiary/aromatic N) is 2. The summed E-state index contributed by atoms with van der Waals surface area (Å²) in [5, 5.41) is 12.4. The fourth-order valence-electron chi connectivity index (χ4n) is 1.74. The number of methoxy groups -OCH3 is 1. The Morgan fingerprint density at radius 1 is 1.56 bits per heavy atom. The molecule has 1 unspecified atom stereocenters. The largest absolute Gasteiger partial charge is 0.491 e. The van der Waals surface area contributed by atoms with Crippen LogP contribution in [0.25, 0.3) is 0 Å². The highest BCUT2D eigenvalue weighted by molar-refractivity contribution is 5.51. The van der Waals surface area contributed by atoms with Crippen molar-refractivity contribution >= 4 is 11.8 Å². The van der Waals surface area contributed by atoms with Gasteiger partial charge < -0.3 is 20.9 Å². The van der Waals surface area contributed by atoms with Crippen molar-refractivity contribution in [2.45, 2.75) is 32.7 Å². The predicted octanol–water partition coefficient (Wildman–Crippen LogP) is 1.28. The number of nitrogens with one attached hydrogen (secondary N) is 1. The van der Waals surface area contributed by atoms with Gasteiger partial charge in [0.15, 0.2) is 11.6 Å². The number of aliphatic hydroxyl groups excluding tert-OH is 1. The summed E-state index contributed by atoms with van der Waals surface area (Å²) < 4.78 is 5.19. The highest BCUT2D eigenvalue weighted by Crippen LogP contribution is 2.24. The number of anilines is 2. The highest BCUT2D eigenvalue weighted by atomic mass is 16.5. The minimum atomic E-state index is 0.128. The third-order valence-electron chi connectivity index (χ3n) is 3.09. The van der Waals surface area contributed by atoms with E-state index < -0.39 is 0 Å².